The van der Waals surface area contributed by atoms with Crippen LogP contribution in [0.4, 0.5) is 10.1 Å². The maximum Gasteiger partial charge on any atom is 0.220 e. The molecule has 1 fully saturated rings. The van der Waals surface area contributed by atoms with Gasteiger partial charge in [-0.05, 0) is 24.6 Å². The van der Waals surface area contributed by atoms with Gasteiger partial charge in [-0.3, -0.25) is 4.79 Å². The van der Waals surface area contributed by atoms with Crippen LogP contribution in [0.3, 0.4) is 0 Å². The molecule has 3 nitrogen and oxygen atoms in total. The summed E-state index contributed by atoms with van der Waals surface area (Å²) >= 11 is 0. The molecule has 0 spiro atoms. The van der Waals surface area contributed by atoms with Gasteiger partial charge in [-0.25, -0.2) is 4.39 Å². The number of carbonyl (C=O) groups excluding carboxylic acids is 1. The lowest BCUT2D eigenvalue weighted by Gasteiger charge is -2.12. The first-order chi connectivity index (χ1) is 6.66. The van der Waals surface area contributed by atoms with E-state index in [1.807, 2.05) is 0 Å². The molecule has 74 valence electrons. The lowest BCUT2D eigenvalue weighted by molar-refractivity contribution is -0.119. The fourth-order valence-corrected chi connectivity index (χ4v) is 1.69. The highest BCUT2D eigenvalue weighted by Gasteiger charge is 2.23. The molecule has 0 bridgehead atoms. The highest BCUT2D eigenvalue weighted by molar-refractivity contribution is 5.79. The number of nitrogens with one attached hydrogen (secondary N) is 1. The fourth-order valence-electron chi connectivity index (χ4n) is 1.69. The molecule has 3 N–H and O–H groups in total. The average molecular weight is 194 g/mol. The molecular weight excluding hydrogens is 183 g/mol. The molecule has 2 rings (SSSR count). The molecule has 1 amide bonds. The summed E-state index contributed by atoms with van der Waals surface area (Å²) in [6.07, 6.45) is 1.17. The van der Waals surface area contributed by atoms with Crippen molar-refractivity contribution in [1.82, 2.24) is 5.32 Å². The Kier molecular flexibility index (Phi) is 2.11. The van der Waals surface area contributed by atoms with E-state index in [0.717, 1.165) is 0 Å². The molecule has 1 unspecified atom stereocenters. The van der Waals surface area contributed by atoms with Crippen LogP contribution in [0.1, 0.15) is 24.4 Å². The van der Waals surface area contributed by atoms with Crippen LogP contribution in [0.15, 0.2) is 18.2 Å². The van der Waals surface area contributed by atoms with E-state index in [9.17, 15) is 9.18 Å². The highest BCUT2D eigenvalue weighted by Crippen LogP contribution is 2.28. The van der Waals surface area contributed by atoms with E-state index >= 15 is 0 Å². The third kappa shape index (κ3) is 1.55. The van der Waals surface area contributed by atoms with E-state index in [1.54, 1.807) is 0 Å². The van der Waals surface area contributed by atoms with Crippen LogP contribution in [-0.4, -0.2) is 5.91 Å². The van der Waals surface area contributed by atoms with Gasteiger partial charge >= 0.3 is 0 Å². The van der Waals surface area contributed by atoms with Gasteiger partial charge in [0.05, 0.1) is 6.04 Å². The standard InChI is InChI=1S/C10H11FN2O/c11-6-1-2-8(12)7(5-6)9-3-4-10(14)13-9/h1-2,5,9H,3-4,12H2,(H,13,14). The number of benzene rings is 1. The summed E-state index contributed by atoms with van der Waals surface area (Å²) in [4.78, 5) is 11.0. The van der Waals surface area contributed by atoms with Crippen LogP contribution in [0, 0.1) is 5.82 Å². The quantitative estimate of drug-likeness (QED) is 0.663. The number of amides is 1. The summed E-state index contributed by atoms with van der Waals surface area (Å²) in [5.41, 5.74) is 6.90. The van der Waals surface area contributed by atoms with E-state index in [4.69, 9.17) is 5.73 Å². The van der Waals surface area contributed by atoms with Crippen LogP contribution in [0.2, 0.25) is 0 Å². The van der Waals surface area contributed by atoms with Gasteiger partial charge in [0.15, 0.2) is 0 Å². The Bertz CT molecular complexity index is 378. The predicted molar refractivity (Wildman–Crippen MR) is 50.9 cm³/mol. The normalized spacial score (nSPS) is 20.9. The van der Waals surface area contributed by atoms with Crippen molar-refractivity contribution in [2.24, 2.45) is 0 Å². The number of anilines is 1. The number of nitrogen functional groups attached to an aromatic ring is 1. The van der Waals surface area contributed by atoms with Crippen molar-refractivity contribution in [3.8, 4) is 0 Å². The lowest BCUT2D eigenvalue weighted by atomic mass is 10.0. The summed E-state index contributed by atoms with van der Waals surface area (Å²) in [5, 5.41) is 2.75. The van der Waals surface area contributed by atoms with Crippen LogP contribution < -0.4 is 11.1 Å². The van der Waals surface area contributed by atoms with Gasteiger partial charge < -0.3 is 11.1 Å². The summed E-state index contributed by atoms with van der Waals surface area (Å²) in [6.45, 7) is 0. The zero-order valence-corrected chi connectivity index (χ0v) is 7.59. The van der Waals surface area contributed by atoms with Crippen molar-refractivity contribution < 1.29 is 9.18 Å². The Hall–Kier alpha value is -1.58. The van der Waals surface area contributed by atoms with Crippen LogP contribution in [0.25, 0.3) is 0 Å². The summed E-state index contributed by atoms with van der Waals surface area (Å²) in [5.74, 6) is -0.325. The van der Waals surface area contributed by atoms with Crippen molar-refractivity contribution >= 4 is 11.6 Å². The average Bonchev–Trinajstić information content (AvgIpc) is 2.56. The molecule has 0 saturated carbocycles. The summed E-state index contributed by atoms with van der Waals surface area (Å²) in [6, 6.07) is 4.09. The lowest BCUT2D eigenvalue weighted by Crippen LogP contribution is -2.19. The molecule has 1 aromatic rings. The number of halogens is 1. The number of hydrogen-bond donors (Lipinski definition) is 2. The van der Waals surface area contributed by atoms with Crippen LogP contribution >= 0.6 is 0 Å². The van der Waals surface area contributed by atoms with E-state index in [-0.39, 0.29) is 17.8 Å². The molecule has 4 heteroatoms. The largest absolute Gasteiger partial charge is 0.398 e. The van der Waals surface area contributed by atoms with E-state index in [0.29, 0.717) is 24.1 Å². The maximum atomic E-state index is 12.9. The summed E-state index contributed by atoms with van der Waals surface area (Å²) in [7, 11) is 0. The van der Waals surface area contributed by atoms with Gasteiger partial charge in [-0.2, -0.15) is 0 Å². The minimum Gasteiger partial charge on any atom is -0.398 e. The first-order valence-corrected chi connectivity index (χ1v) is 4.51. The third-order valence-corrected chi connectivity index (χ3v) is 2.42. The molecule has 1 saturated heterocycles. The number of rotatable bonds is 1. The van der Waals surface area contributed by atoms with Gasteiger partial charge in [0, 0.05) is 17.7 Å². The molecule has 0 aromatic heterocycles. The van der Waals surface area contributed by atoms with Crippen molar-refractivity contribution in [2.45, 2.75) is 18.9 Å². The molecule has 1 aliphatic rings. The second-order valence-corrected chi connectivity index (χ2v) is 3.43. The van der Waals surface area contributed by atoms with Gasteiger partial charge in [-0.1, -0.05) is 0 Å². The monoisotopic (exact) mass is 194 g/mol. The molecular formula is C10H11FN2O. The Labute approximate surface area is 81.1 Å². The zero-order valence-electron chi connectivity index (χ0n) is 7.59. The first-order valence-electron chi connectivity index (χ1n) is 4.51. The van der Waals surface area contributed by atoms with Gasteiger partial charge in [0.2, 0.25) is 5.91 Å². The van der Waals surface area contributed by atoms with E-state index < -0.39 is 0 Å². The third-order valence-electron chi connectivity index (χ3n) is 2.42. The zero-order chi connectivity index (χ0) is 10.1. The van der Waals surface area contributed by atoms with Gasteiger partial charge in [0.25, 0.3) is 0 Å². The number of carbonyl (C=O) groups is 1. The topological polar surface area (TPSA) is 55.1 Å². The number of nitrogens with two attached hydrogens (primary N) is 1. The molecule has 0 aliphatic carbocycles. The fraction of sp³-hybridized carbons (Fsp3) is 0.300. The minimum absolute atomic E-state index is 0.00124. The molecule has 0 radical (unpaired) electrons. The Balaban J connectivity index is 2.31. The van der Waals surface area contributed by atoms with Crippen molar-refractivity contribution in [3.63, 3.8) is 0 Å². The summed E-state index contributed by atoms with van der Waals surface area (Å²) < 4.78 is 12.9. The Morgan fingerprint density at radius 2 is 2.29 bits per heavy atom. The molecule has 1 aliphatic heterocycles. The van der Waals surface area contributed by atoms with Crippen LogP contribution in [-0.2, 0) is 4.79 Å². The Morgan fingerprint density at radius 1 is 1.50 bits per heavy atom. The number of hydrogen-bond acceptors (Lipinski definition) is 2. The SMILES string of the molecule is Nc1ccc(F)cc1C1CCC(=O)N1. The van der Waals surface area contributed by atoms with Crippen molar-refractivity contribution in [1.29, 1.82) is 0 Å². The molecule has 14 heavy (non-hydrogen) atoms. The van der Waals surface area contributed by atoms with Crippen molar-refractivity contribution in [2.75, 3.05) is 5.73 Å². The highest BCUT2D eigenvalue weighted by atomic mass is 19.1. The second kappa shape index (κ2) is 3.29. The maximum absolute atomic E-state index is 12.9. The second-order valence-electron chi connectivity index (χ2n) is 3.43. The van der Waals surface area contributed by atoms with Gasteiger partial charge in [-0.15, -0.1) is 0 Å². The van der Waals surface area contributed by atoms with Gasteiger partial charge in [0.1, 0.15) is 5.82 Å². The van der Waals surface area contributed by atoms with Crippen molar-refractivity contribution in [3.05, 3.63) is 29.6 Å². The molecule has 1 heterocycles. The first kappa shape index (κ1) is 8.99. The Morgan fingerprint density at radius 3 is 2.93 bits per heavy atom. The minimum atomic E-state index is -0.324. The van der Waals surface area contributed by atoms with Crippen LogP contribution in [0.5, 0.6) is 0 Å². The van der Waals surface area contributed by atoms with E-state index in [1.165, 1.54) is 18.2 Å². The molecule has 1 atom stereocenters. The van der Waals surface area contributed by atoms with E-state index in [2.05, 4.69) is 5.32 Å². The smallest absolute Gasteiger partial charge is 0.220 e. The molecule has 1 aromatic carbocycles. The predicted octanol–water partition coefficient (Wildman–Crippen LogP) is 1.36.